The second-order valence-corrected chi connectivity index (χ2v) is 6.56. The van der Waals surface area contributed by atoms with Crippen LogP contribution in [0.1, 0.15) is 24.8 Å². The van der Waals surface area contributed by atoms with E-state index in [0.29, 0.717) is 6.54 Å². The molecule has 0 spiro atoms. The van der Waals surface area contributed by atoms with Gasteiger partial charge in [-0.3, -0.25) is 0 Å². The number of methoxy groups -OCH3 is 1. The second-order valence-electron chi connectivity index (χ2n) is 5.64. The average Bonchev–Trinajstić information content (AvgIpc) is 3.22. The predicted molar refractivity (Wildman–Crippen MR) is 80.3 cm³/mol. The third-order valence-corrected chi connectivity index (χ3v) is 4.49. The molecule has 3 nitrogen and oxygen atoms in total. The van der Waals surface area contributed by atoms with Crippen LogP contribution in [0.25, 0.3) is 0 Å². The van der Waals surface area contributed by atoms with E-state index in [4.69, 9.17) is 10.5 Å². The summed E-state index contributed by atoms with van der Waals surface area (Å²) >= 11 is 3.49. The van der Waals surface area contributed by atoms with Crippen molar-refractivity contribution in [3.63, 3.8) is 0 Å². The van der Waals surface area contributed by atoms with Crippen molar-refractivity contribution in [2.45, 2.75) is 25.7 Å². The third-order valence-electron chi connectivity index (χ3n) is 3.99. The van der Waals surface area contributed by atoms with E-state index < -0.39 is 0 Å². The van der Waals surface area contributed by atoms with Gasteiger partial charge in [-0.25, -0.2) is 0 Å². The Kier molecular flexibility index (Phi) is 4.87. The summed E-state index contributed by atoms with van der Waals surface area (Å²) in [4.78, 5) is 0. The van der Waals surface area contributed by atoms with Gasteiger partial charge in [0.1, 0.15) is 5.75 Å². The number of rotatable bonds is 7. The molecule has 0 bridgehead atoms. The molecule has 1 aliphatic rings. The zero-order chi connectivity index (χ0) is 13.9. The predicted octanol–water partition coefficient (Wildman–Crippen LogP) is 2.74. The normalized spacial score (nSPS) is 18.1. The number of halogens is 1. The van der Waals surface area contributed by atoms with Gasteiger partial charge in [0.15, 0.2) is 0 Å². The van der Waals surface area contributed by atoms with E-state index >= 15 is 0 Å². The number of aliphatic hydroxyl groups is 1. The van der Waals surface area contributed by atoms with Crippen LogP contribution in [-0.2, 0) is 6.42 Å². The fourth-order valence-electron chi connectivity index (χ4n) is 2.64. The highest BCUT2D eigenvalue weighted by Gasteiger charge is 2.36. The van der Waals surface area contributed by atoms with Crippen molar-refractivity contribution < 1.29 is 9.84 Å². The summed E-state index contributed by atoms with van der Waals surface area (Å²) in [5, 5.41) is 9.81. The molecule has 4 heteroatoms. The Morgan fingerprint density at radius 2 is 2.21 bits per heavy atom. The number of aliphatic hydroxyl groups excluding tert-OH is 1. The Bertz CT molecular complexity index is 428. The SMILES string of the molecule is COc1ccc(Br)cc1CC(CN)(CO)CC1CC1. The maximum absolute atomic E-state index is 9.81. The van der Waals surface area contributed by atoms with E-state index in [1.165, 1.54) is 12.8 Å². The van der Waals surface area contributed by atoms with Crippen LogP contribution in [0.4, 0.5) is 0 Å². The van der Waals surface area contributed by atoms with Crippen LogP contribution in [0.2, 0.25) is 0 Å². The van der Waals surface area contributed by atoms with Gasteiger partial charge in [-0.05, 0) is 42.5 Å². The van der Waals surface area contributed by atoms with Gasteiger partial charge < -0.3 is 15.6 Å². The van der Waals surface area contributed by atoms with Gasteiger partial charge in [0, 0.05) is 16.4 Å². The molecule has 0 aliphatic heterocycles. The van der Waals surface area contributed by atoms with Gasteiger partial charge in [0.25, 0.3) is 0 Å². The lowest BCUT2D eigenvalue weighted by molar-refractivity contribution is 0.115. The highest BCUT2D eigenvalue weighted by Crippen LogP contribution is 2.42. The first-order chi connectivity index (χ1) is 9.12. The van der Waals surface area contributed by atoms with E-state index in [1.54, 1.807) is 7.11 Å². The molecule has 0 heterocycles. The summed E-state index contributed by atoms with van der Waals surface area (Å²) in [7, 11) is 1.68. The van der Waals surface area contributed by atoms with Gasteiger partial charge in [0.2, 0.25) is 0 Å². The topological polar surface area (TPSA) is 55.5 Å². The minimum atomic E-state index is -0.213. The standard InChI is InChI=1S/C15H22BrNO2/c1-19-14-5-4-13(16)6-12(14)8-15(9-17,10-18)7-11-2-3-11/h4-6,11,18H,2-3,7-10,17H2,1H3. The molecular formula is C15H22BrNO2. The number of hydrogen-bond donors (Lipinski definition) is 2. The molecule has 1 aromatic rings. The molecule has 3 N–H and O–H groups in total. The fraction of sp³-hybridized carbons (Fsp3) is 0.600. The van der Waals surface area contributed by atoms with Crippen molar-refractivity contribution in [3.05, 3.63) is 28.2 Å². The monoisotopic (exact) mass is 327 g/mol. The molecule has 1 fully saturated rings. The maximum Gasteiger partial charge on any atom is 0.122 e. The molecule has 0 aromatic heterocycles. The number of hydrogen-bond acceptors (Lipinski definition) is 3. The Morgan fingerprint density at radius 1 is 1.47 bits per heavy atom. The lowest BCUT2D eigenvalue weighted by Crippen LogP contribution is -2.37. The molecule has 1 atom stereocenters. The Labute approximate surface area is 123 Å². The summed E-state index contributed by atoms with van der Waals surface area (Å²) < 4.78 is 6.44. The van der Waals surface area contributed by atoms with E-state index in [0.717, 1.165) is 34.5 Å². The van der Waals surface area contributed by atoms with E-state index in [-0.39, 0.29) is 12.0 Å². The molecule has 1 unspecified atom stereocenters. The quantitative estimate of drug-likeness (QED) is 0.809. The Hall–Kier alpha value is -0.580. The molecule has 1 saturated carbocycles. The van der Waals surface area contributed by atoms with Gasteiger partial charge in [-0.15, -0.1) is 0 Å². The van der Waals surface area contributed by atoms with Gasteiger partial charge in [-0.1, -0.05) is 28.8 Å². The average molecular weight is 328 g/mol. The summed E-state index contributed by atoms with van der Waals surface area (Å²) in [6.07, 6.45) is 4.32. The van der Waals surface area contributed by atoms with Crippen LogP contribution in [0, 0.1) is 11.3 Å². The molecule has 0 radical (unpaired) electrons. The minimum Gasteiger partial charge on any atom is -0.496 e. The van der Waals surface area contributed by atoms with Crippen LogP contribution in [-0.4, -0.2) is 25.4 Å². The lowest BCUT2D eigenvalue weighted by Gasteiger charge is -2.31. The first kappa shape index (κ1) is 14.8. The molecular weight excluding hydrogens is 306 g/mol. The first-order valence-corrected chi connectivity index (χ1v) is 7.55. The molecule has 2 rings (SSSR count). The van der Waals surface area contributed by atoms with Crippen LogP contribution in [0.3, 0.4) is 0 Å². The van der Waals surface area contributed by atoms with Gasteiger partial charge in [-0.2, -0.15) is 0 Å². The summed E-state index contributed by atoms with van der Waals surface area (Å²) in [6.45, 7) is 0.644. The van der Waals surface area contributed by atoms with Crippen molar-refractivity contribution in [2.24, 2.45) is 17.1 Å². The smallest absolute Gasteiger partial charge is 0.122 e. The molecule has 106 valence electrons. The number of benzene rings is 1. The van der Waals surface area contributed by atoms with Gasteiger partial charge >= 0.3 is 0 Å². The summed E-state index contributed by atoms with van der Waals surface area (Å²) in [5.41, 5.74) is 6.85. The van der Waals surface area contributed by atoms with E-state index in [9.17, 15) is 5.11 Å². The zero-order valence-corrected chi connectivity index (χ0v) is 12.9. The largest absolute Gasteiger partial charge is 0.496 e. The maximum atomic E-state index is 9.81. The van der Waals surface area contributed by atoms with Crippen molar-refractivity contribution >= 4 is 15.9 Å². The lowest BCUT2D eigenvalue weighted by atomic mass is 9.77. The zero-order valence-electron chi connectivity index (χ0n) is 11.4. The van der Waals surface area contributed by atoms with E-state index in [2.05, 4.69) is 22.0 Å². The van der Waals surface area contributed by atoms with Crippen molar-refractivity contribution in [1.82, 2.24) is 0 Å². The Balaban J connectivity index is 2.22. The number of ether oxygens (including phenoxy) is 1. The van der Waals surface area contributed by atoms with Crippen molar-refractivity contribution in [1.29, 1.82) is 0 Å². The fourth-order valence-corrected chi connectivity index (χ4v) is 3.04. The molecule has 0 saturated heterocycles. The summed E-state index contributed by atoms with van der Waals surface area (Å²) in [5.74, 6) is 1.61. The van der Waals surface area contributed by atoms with Crippen LogP contribution in [0.5, 0.6) is 5.75 Å². The summed E-state index contributed by atoms with van der Waals surface area (Å²) in [6, 6.07) is 5.98. The first-order valence-electron chi connectivity index (χ1n) is 6.76. The van der Waals surface area contributed by atoms with Gasteiger partial charge in [0.05, 0.1) is 13.7 Å². The molecule has 1 aliphatic carbocycles. The molecule has 0 amide bonds. The van der Waals surface area contributed by atoms with Crippen LogP contribution >= 0.6 is 15.9 Å². The highest BCUT2D eigenvalue weighted by atomic mass is 79.9. The minimum absolute atomic E-state index is 0.135. The van der Waals surface area contributed by atoms with Crippen molar-refractivity contribution in [3.8, 4) is 5.75 Å². The van der Waals surface area contributed by atoms with Crippen LogP contribution < -0.4 is 10.5 Å². The van der Waals surface area contributed by atoms with Crippen molar-refractivity contribution in [2.75, 3.05) is 20.3 Å². The molecule has 1 aromatic carbocycles. The highest BCUT2D eigenvalue weighted by molar-refractivity contribution is 9.10. The third kappa shape index (κ3) is 3.71. The van der Waals surface area contributed by atoms with Crippen LogP contribution in [0.15, 0.2) is 22.7 Å². The second kappa shape index (κ2) is 6.25. The van der Waals surface area contributed by atoms with E-state index in [1.807, 2.05) is 12.1 Å². The molecule has 19 heavy (non-hydrogen) atoms. The number of nitrogens with two attached hydrogens (primary N) is 1. The Morgan fingerprint density at radius 3 is 2.74 bits per heavy atom.